The van der Waals surface area contributed by atoms with E-state index in [1.54, 1.807) is 18.2 Å². The molecule has 9 unspecified atom stereocenters. The first-order valence-electron chi connectivity index (χ1n) is 18.6. The number of anilines is 2. The number of nitrogens with two attached hydrogens (primary N) is 2. The Balaban J connectivity index is 0.000000670. The molecule has 4 N–H and O–H groups in total. The minimum atomic E-state index is -0.278. The monoisotopic (exact) mass is 609 g/mol. The van der Waals surface area contributed by atoms with Gasteiger partial charge in [-0.3, -0.25) is 0 Å². The number of carbonyl (C=O) groups is 1. The zero-order valence-electron chi connectivity index (χ0n) is 29.8. The van der Waals surface area contributed by atoms with Crippen LogP contribution in [0, 0.1) is 58.2 Å². The fourth-order valence-corrected chi connectivity index (χ4v) is 10.9. The summed E-state index contributed by atoms with van der Waals surface area (Å²) in [5.41, 5.74) is 14.3. The molecule has 9 atom stereocenters. The van der Waals surface area contributed by atoms with E-state index in [0.29, 0.717) is 33.7 Å². The molecule has 0 aromatic heterocycles. The summed E-state index contributed by atoms with van der Waals surface area (Å²) in [6.45, 7) is 19.3. The SMILES string of the molecule is CC(C)CCCC(C)C1CCC2C3CCC4CC(OC(=O)c5cc(N)cc(N)c5)CCC4(C)C3CCC12C.CCCC(C)C. The first-order valence-corrected chi connectivity index (χ1v) is 18.6. The van der Waals surface area contributed by atoms with Gasteiger partial charge in [0.15, 0.2) is 0 Å². The van der Waals surface area contributed by atoms with Gasteiger partial charge < -0.3 is 16.2 Å². The lowest BCUT2D eigenvalue weighted by Gasteiger charge is -2.61. The normalized spacial score (nSPS) is 35.2. The maximum atomic E-state index is 12.9. The summed E-state index contributed by atoms with van der Waals surface area (Å²) in [6.07, 6.45) is 18.5. The number of rotatable bonds is 9. The fourth-order valence-electron chi connectivity index (χ4n) is 10.9. The second kappa shape index (κ2) is 14.8. The summed E-state index contributed by atoms with van der Waals surface area (Å²) in [7, 11) is 0. The third-order valence-electron chi connectivity index (χ3n) is 13.2. The summed E-state index contributed by atoms with van der Waals surface area (Å²) in [4.78, 5) is 12.9. The Labute approximate surface area is 271 Å². The topological polar surface area (TPSA) is 78.3 Å². The smallest absolute Gasteiger partial charge is 0.338 e. The van der Waals surface area contributed by atoms with Gasteiger partial charge in [-0.25, -0.2) is 4.79 Å². The van der Waals surface area contributed by atoms with Gasteiger partial charge in [-0.2, -0.15) is 0 Å². The standard InChI is InChI=1S/C34H54N2O2.C6H14/c1-21(2)7-6-8-22(3)29-11-12-30-28-10-9-24-19-27(38-32(37)23-17-25(35)20-26(36)18-23)13-15-33(24,4)31(28)14-16-34(29,30)5;1-4-5-6(2)3/h17-18,20-22,24,27-31H,6-16,19,35-36H2,1-5H3;6H,4-5H2,1-3H3. The molecule has 250 valence electrons. The minimum absolute atomic E-state index is 0.0104. The third kappa shape index (κ3) is 7.80. The molecule has 4 fully saturated rings. The average molecular weight is 609 g/mol. The Morgan fingerprint density at radius 2 is 1.45 bits per heavy atom. The first kappa shape index (κ1) is 35.1. The molecule has 44 heavy (non-hydrogen) atoms. The maximum Gasteiger partial charge on any atom is 0.338 e. The number of carbonyl (C=O) groups excluding carboxylic acids is 1. The van der Waals surface area contributed by atoms with Crippen LogP contribution >= 0.6 is 0 Å². The van der Waals surface area contributed by atoms with Crippen LogP contribution in [-0.2, 0) is 4.74 Å². The van der Waals surface area contributed by atoms with Crippen molar-refractivity contribution in [2.24, 2.45) is 58.2 Å². The molecule has 0 bridgehead atoms. The summed E-state index contributed by atoms with van der Waals surface area (Å²) < 4.78 is 6.04. The van der Waals surface area contributed by atoms with Crippen LogP contribution in [0.1, 0.15) is 156 Å². The van der Waals surface area contributed by atoms with Gasteiger partial charge in [-0.1, -0.05) is 87.5 Å². The van der Waals surface area contributed by atoms with E-state index in [1.807, 2.05) is 0 Å². The summed E-state index contributed by atoms with van der Waals surface area (Å²) in [5, 5.41) is 0. The molecule has 4 heteroatoms. The van der Waals surface area contributed by atoms with Gasteiger partial charge in [0.25, 0.3) is 0 Å². The molecule has 1 aromatic rings. The molecule has 4 aliphatic carbocycles. The zero-order chi connectivity index (χ0) is 32.2. The van der Waals surface area contributed by atoms with Crippen molar-refractivity contribution >= 4 is 17.3 Å². The first-order chi connectivity index (χ1) is 20.8. The van der Waals surface area contributed by atoms with Crippen molar-refractivity contribution in [3.05, 3.63) is 23.8 Å². The summed E-state index contributed by atoms with van der Waals surface area (Å²) in [5.74, 6) is 6.56. The predicted octanol–water partition coefficient (Wildman–Crippen LogP) is 10.9. The lowest BCUT2D eigenvalue weighted by Crippen LogP contribution is -2.54. The highest BCUT2D eigenvalue weighted by molar-refractivity contribution is 5.91. The van der Waals surface area contributed by atoms with E-state index in [-0.39, 0.29) is 12.1 Å². The van der Waals surface area contributed by atoms with E-state index in [1.165, 1.54) is 77.0 Å². The molecule has 4 nitrogen and oxygen atoms in total. The predicted molar refractivity (Wildman–Crippen MR) is 187 cm³/mol. The highest BCUT2D eigenvalue weighted by Crippen LogP contribution is 2.68. The fraction of sp³-hybridized carbons (Fsp3) is 0.825. The minimum Gasteiger partial charge on any atom is -0.459 e. The van der Waals surface area contributed by atoms with Crippen molar-refractivity contribution in [2.75, 3.05) is 11.5 Å². The molecule has 0 spiro atoms. The van der Waals surface area contributed by atoms with Crippen LogP contribution in [-0.4, -0.2) is 12.1 Å². The van der Waals surface area contributed by atoms with E-state index in [4.69, 9.17) is 16.2 Å². The van der Waals surface area contributed by atoms with Crippen LogP contribution in [0.3, 0.4) is 0 Å². The molecule has 4 saturated carbocycles. The van der Waals surface area contributed by atoms with Crippen LogP contribution in [0.2, 0.25) is 0 Å². The van der Waals surface area contributed by atoms with E-state index >= 15 is 0 Å². The van der Waals surface area contributed by atoms with Crippen molar-refractivity contribution < 1.29 is 9.53 Å². The lowest BCUT2D eigenvalue weighted by molar-refractivity contribution is -0.130. The quantitative estimate of drug-likeness (QED) is 0.216. The van der Waals surface area contributed by atoms with Crippen molar-refractivity contribution in [2.45, 2.75) is 151 Å². The van der Waals surface area contributed by atoms with E-state index < -0.39 is 0 Å². The van der Waals surface area contributed by atoms with Gasteiger partial charge in [0.2, 0.25) is 0 Å². The van der Waals surface area contributed by atoms with Gasteiger partial charge >= 0.3 is 5.97 Å². The number of nitrogen functional groups attached to an aromatic ring is 2. The third-order valence-corrected chi connectivity index (χ3v) is 13.2. The van der Waals surface area contributed by atoms with Gasteiger partial charge in [-0.15, -0.1) is 0 Å². The molecular weight excluding hydrogens is 540 g/mol. The molecule has 0 heterocycles. The molecule has 0 radical (unpaired) electrons. The van der Waals surface area contributed by atoms with E-state index in [9.17, 15) is 4.79 Å². The summed E-state index contributed by atoms with van der Waals surface area (Å²) in [6, 6.07) is 5.03. The zero-order valence-corrected chi connectivity index (χ0v) is 29.8. The number of hydrogen-bond acceptors (Lipinski definition) is 4. The van der Waals surface area contributed by atoms with Crippen molar-refractivity contribution in [1.82, 2.24) is 0 Å². The molecular formula is C40H68N2O2. The Bertz CT molecular complexity index is 1060. The van der Waals surface area contributed by atoms with Crippen LogP contribution in [0.15, 0.2) is 18.2 Å². The van der Waals surface area contributed by atoms with Crippen molar-refractivity contribution in [1.29, 1.82) is 0 Å². The Kier molecular flexibility index (Phi) is 11.8. The van der Waals surface area contributed by atoms with Crippen LogP contribution in [0.5, 0.6) is 0 Å². The highest BCUT2D eigenvalue weighted by Gasteiger charge is 2.60. The van der Waals surface area contributed by atoms with Gasteiger partial charge in [-0.05, 0) is 134 Å². The lowest BCUT2D eigenvalue weighted by atomic mass is 9.44. The second-order valence-corrected chi connectivity index (χ2v) is 17.1. The van der Waals surface area contributed by atoms with Crippen LogP contribution < -0.4 is 11.5 Å². The van der Waals surface area contributed by atoms with Crippen molar-refractivity contribution in [3.63, 3.8) is 0 Å². The Morgan fingerprint density at radius 3 is 2.07 bits per heavy atom. The molecule has 5 rings (SSSR count). The number of esters is 1. The van der Waals surface area contributed by atoms with Crippen LogP contribution in [0.4, 0.5) is 11.4 Å². The Hall–Kier alpha value is -1.71. The largest absolute Gasteiger partial charge is 0.459 e. The van der Waals surface area contributed by atoms with Crippen LogP contribution in [0.25, 0.3) is 0 Å². The number of hydrogen-bond donors (Lipinski definition) is 2. The molecule has 0 aliphatic heterocycles. The summed E-state index contributed by atoms with van der Waals surface area (Å²) >= 11 is 0. The molecule has 0 amide bonds. The number of benzene rings is 1. The number of fused-ring (bicyclic) bond motifs is 5. The van der Waals surface area contributed by atoms with Crippen molar-refractivity contribution in [3.8, 4) is 0 Å². The second-order valence-electron chi connectivity index (χ2n) is 17.1. The molecule has 4 aliphatic rings. The van der Waals surface area contributed by atoms with E-state index in [2.05, 4.69) is 55.4 Å². The highest BCUT2D eigenvalue weighted by atomic mass is 16.5. The molecule has 1 aromatic carbocycles. The van der Waals surface area contributed by atoms with Gasteiger partial charge in [0.1, 0.15) is 6.10 Å². The molecule has 0 saturated heterocycles. The average Bonchev–Trinajstić information content (AvgIpc) is 3.30. The van der Waals surface area contributed by atoms with E-state index in [0.717, 1.165) is 54.3 Å². The van der Waals surface area contributed by atoms with Gasteiger partial charge in [0, 0.05) is 11.4 Å². The number of ether oxygens (including phenoxy) is 1. The maximum absolute atomic E-state index is 12.9. The van der Waals surface area contributed by atoms with Gasteiger partial charge in [0.05, 0.1) is 5.56 Å². The Morgan fingerprint density at radius 1 is 0.818 bits per heavy atom.